The van der Waals surface area contributed by atoms with Gasteiger partial charge < -0.3 is 10.2 Å². The molecule has 0 aliphatic heterocycles. The molecule has 0 aromatic rings. The second-order valence-electron chi connectivity index (χ2n) is 3.75. The highest BCUT2D eigenvalue weighted by Gasteiger charge is 1.97. The summed E-state index contributed by atoms with van der Waals surface area (Å²) in [6.07, 6.45) is 2.75. The fourth-order valence-electron chi connectivity index (χ4n) is 1.48. The number of carbonyl (C=O) groups is 1. The predicted molar refractivity (Wildman–Crippen MR) is 64.8 cm³/mol. The molecule has 0 aliphatic rings. The second kappa shape index (κ2) is 8.48. The lowest BCUT2D eigenvalue weighted by molar-refractivity contribution is -0.112. The van der Waals surface area contributed by atoms with Crippen LogP contribution in [0, 0.1) is 0 Å². The highest BCUT2D eigenvalue weighted by molar-refractivity contribution is 5.87. The average Bonchev–Trinajstić information content (AvgIpc) is 2.17. The molecule has 0 saturated heterocycles. The van der Waals surface area contributed by atoms with Crippen molar-refractivity contribution in [1.82, 2.24) is 10.2 Å². The number of carbonyl (C=O) groups excluding carboxylic acids is 1. The van der Waals surface area contributed by atoms with Gasteiger partial charge in [-0.2, -0.15) is 0 Å². The SMILES string of the molecule is CCN(CC)CCCN/C(C)=C\C(C)=O. The molecule has 0 spiro atoms. The van der Waals surface area contributed by atoms with E-state index in [0.717, 1.165) is 38.3 Å². The summed E-state index contributed by atoms with van der Waals surface area (Å²) in [4.78, 5) is 13.2. The van der Waals surface area contributed by atoms with Gasteiger partial charge in [0.2, 0.25) is 0 Å². The van der Waals surface area contributed by atoms with E-state index >= 15 is 0 Å². The zero-order valence-corrected chi connectivity index (χ0v) is 10.5. The van der Waals surface area contributed by atoms with Gasteiger partial charge in [-0.1, -0.05) is 13.8 Å². The molecule has 15 heavy (non-hydrogen) atoms. The Morgan fingerprint density at radius 1 is 1.27 bits per heavy atom. The molecule has 0 rings (SSSR count). The number of ketones is 1. The lowest BCUT2D eigenvalue weighted by Gasteiger charge is -2.17. The molecule has 0 bridgehead atoms. The van der Waals surface area contributed by atoms with E-state index < -0.39 is 0 Å². The van der Waals surface area contributed by atoms with E-state index in [4.69, 9.17) is 0 Å². The first-order chi connectivity index (χ1) is 7.10. The van der Waals surface area contributed by atoms with Crippen LogP contribution in [-0.4, -0.2) is 36.9 Å². The maximum Gasteiger partial charge on any atom is 0.154 e. The topological polar surface area (TPSA) is 32.3 Å². The van der Waals surface area contributed by atoms with E-state index in [1.807, 2.05) is 6.92 Å². The van der Waals surface area contributed by atoms with Gasteiger partial charge in [0.05, 0.1) is 0 Å². The molecular weight excluding hydrogens is 188 g/mol. The Morgan fingerprint density at radius 2 is 1.87 bits per heavy atom. The zero-order chi connectivity index (χ0) is 11.7. The lowest BCUT2D eigenvalue weighted by atomic mass is 10.3. The van der Waals surface area contributed by atoms with Gasteiger partial charge in [0.15, 0.2) is 5.78 Å². The Labute approximate surface area is 93.5 Å². The van der Waals surface area contributed by atoms with Crippen molar-refractivity contribution in [3.63, 3.8) is 0 Å². The third kappa shape index (κ3) is 8.18. The molecule has 3 nitrogen and oxygen atoms in total. The molecule has 0 saturated carbocycles. The van der Waals surface area contributed by atoms with E-state index in [-0.39, 0.29) is 5.78 Å². The minimum atomic E-state index is 0.101. The minimum Gasteiger partial charge on any atom is -0.388 e. The third-order valence-corrected chi connectivity index (χ3v) is 2.37. The van der Waals surface area contributed by atoms with Crippen molar-refractivity contribution in [2.45, 2.75) is 34.1 Å². The smallest absolute Gasteiger partial charge is 0.154 e. The largest absolute Gasteiger partial charge is 0.388 e. The molecule has 3 heteroatoms. The molecule has 0 unspecified atom stereocenters. The monoisotopic (exact) mass is 212 g/mol. The summed E-state index contributed by atoms with van der Waals surface area (Å²) >= 11 is 0. The van der Waals surface area contributed by atoms with Crippen LogP contribution < -0.4 is 5.32 Å². The van der Waals surface area contributed by atoms with Gasteiger partial charge in [0.1, 0.15) is 0 Å². The van der Waals surface area contributed by atoms with Crippen LogP contribution in [-0.2, 0) is 4.79 Å². The van der Waals surface area contributed by atoms with Gasteiger partial charge in [0.25, 0.3) is 0 Å². The molecule has 0 aliphatic carbocycles. The van der Waals surface area contributed by atoms with Crippen molar-refractivity contribution in [2.24, 2.45) is 0 Å². The van der Waals surface area contributed by atoms with Crippen molar-refractivity contribution in [1.29, 1.82) is 0 Å². The molecule has 0 aromatic carbocycles. The van der Waals surface area contributed by atoms with E-state index in [1.165, 1.54) is 0 Å². The van der Waals surface area contributed by atoms with Crippen molar-refractivity contribution >= 4 is 5.78 Å². The van der Waals surface area contributed by atoms with Crippen LogP contribution in [0.4, 0.5) is 0 Å². The van der Waals surface area contributed by atoms with Crippen LogP contribution in [0.2, 0.25) is 0 Å². The normalized spacial score (nSPS) is 11.9. The molecule has 0 atom stereocenters. The lowest BCUT2D eigenvalue weighted by Crippen LogP contribution is -2.26. The van der Waals surface area contributed by atoms with Crippen molar-refractivity contribution < 1.29 is 4.79 Å². The standard InChI is InChI=1S/C12H24N2O/c1-5-14(6-2)9-7-8-13-11(3)10-12(4)15/h10,13H,5-9H2,1-4H3/b11-10-. The van der Waals surface area contributed by atoms with Crippen LogP contribution >= 0.6 is 0 Å². The molecule has 0 radical (unpaired) electrons. The van der Waals surface area contributed by atoms with Crippen molar-refractivity contribution in [2.75, 3.05) is 26.2 Å². The number of nitrogens with zero attached hydrogens (tertiary/aromatic N) is 1. The molecule has 0 amide bonds. The van der Waals surface area contributed by atoms with Crippen LogP contribution in [0.25, 0.3) is 0 Å². The Bertz CT molecular complexity index is 208. The Kier molecular flexibility index (Phi) is 8.01. The molecule has 0 aromatic heterocycles. The third-order valence-electron chi connectivity index (χ3n) is 2.37. The summed E-state index contributed by atoms with van der Waals surface area (Å²) in [7, 11) is 0. The summed E-state index contributed by atoms with van der Waals surface area (Å²) < 4.78 is 0. The van der Waals surface area contributed by atoms with Crippen molar-refractivity contribution in [3.8, 4) is 0 Å². The van der Waals surface area contributed by atoms with Gasteiger partial charge >= 0.3 is 0 Å². The highest BCUT2D eigenvalue weighted by Crippen LogP contribution is 1.92. The van der Waals surface area contributed by atoms with Gasteiger partial charge in [-0.25, -0.2) is 0 Å². The minimum absolute atomic E-state index is 0.101. The molecule has 0 fully saturated rings. The van der Waals surface area contributed by atoms with E-state index in [9.17, 15) is 4.79 Å². The number of hydrogen-bond acceptors (Lipinski definition) is 3. The summed E-state index contributed by atoms with van der Waals surface area (Å²) in [5, 5.41) is 3.23. The number of hydrogen-bond donors (Lipinski definition) is 1. The van der Waals surface area contributed by atoms with Gasteiger partial charge in [0, 0.05) is 12.2 Å². The van der Waals surface area contributed by atoms with Crippen LogP contribution in [0.3, 0.4) is 0 Å². The Morgan fingerprint density at radius 3 is 2.33 bits per heavy atom. The molecule has 1 N–H and O–H groups in total. The highest BCUT2D eigenvalue weighted by atomic mass is 16.1. The Balaban J connectivity index is 3.58. The fourth-order valence-corrected chi connectivity index (χ4v) is 1.48. The van der Waals surface area contributed by atoms with Gasteiger partial charge in [-0.3, -0.25) is 4.79 Å². The number of rotatable bonds is 8. The summed E-state index contributed by atoms with van der Waals surface area (Å²) in [6.45, 7) is 12.1. The van der Waals surface area contributed by atoms with E-state index in [1.54, 1.807) is 13.0 Å². The summed E-state index contributed by atoms with van der Waals surface area (Å²) in [5.74, 6) is 0.101. The number of nitrogens with one attached hydrogen (secondary N) is 1. The van der Waals surface area contributed by atoms with Crippen LogP contribution in [0.5, 0.6) is 0 Å². The molecule has 88 valence electrons. The van der Waals surface area contributed by atoms with Crippen LogP contribution in [0.15, 0.2) is 11.8 Å². The zero-order valence-electron chi connectivity index (χ0n) is 10.5. The number of allylic oxidation sites excluding steroid dienone is 2. The Hall–Kier alpha value is -0.830. The average molecular weight is 212 g/mol. The quantitative estimate of drug-likeness (QED) is 0.492. The first kappa shape index (κ1) is 14.2. The van der Waals surface area contributed by atoms with Gasteiger partial charge in [-0.05, 0) is 46.0 Å². The van der Waals surface area contributed by atoms with Crippen molar-refractivity contribution in [3.05, 3.63) is 11.8 Å². The maximum atomic E-state index is 10.8. The predicted octanol–water partition coefficient (Wildman–Crippen LogP) is 1.80. The maximum absolute atomic E-state index is 10.8. The second-order valence-corrected chi connectivity index (χ2v) is 3.75. The first-order valence-corrected chi connectivity index (χ1v) is 5.75. The fraction of sp³-hybridized carbons (Fsp3) is 0.750. The van der Waals surface area contributed by atoms with Crippen LogP contribution in [0.1, 0.15) is 34.1 Å². The summed E-state index contributed by atoms with van der Waals surface area (Å²) in [6, 6.07) is 0. The summed E-state index contributed by atoms with van der Waals surface area (Å²) in [5.41, 5.74) is 0.960. The van der Waals surface area contributed by atoms with E-state index in [2.05, 4.69) is 24.1 Å². The molecular formula is C12H24N2O. The first-order valence-electron chi connectivity index (χ1n) is 5.75. The molecule has 0 heterocycles. The van der Waals surface area contributed by atoms with Gasteiger partial charge in [-0.15, -0.1) is 0 Å². The van der Waals surface area contributed by atoms with E-state index in [0.29, 0.717) is 0 Å².